The molecule has 104 valence electrons. The van der Waals surface area contributed by atoms with Crippen molar-refractivity contribution in [2.24, 2.45) is 0 Å². The maximum Gasteiger partial charge on any atom is 0.239 e. The molecule has 2 N–H and O–H groups in total. The van der Waals surface area contributed by atoms with Crippen LogP contribution < -0.4 is 15.5 Å². The summed E-state index contributed by atoms with van der Waals surface area (Å²) in [4.78, 5) is 13.6. The zero-order valence-corrected chi connectivity index (χ0v) is 12.1. The number of likely N-dealkylation sites (N-methyl/N-ethyl adjacent to an activating group) is 1. The number of nitrogens with zero attached hydrogens (tertiary/aromatic N) is 1. The Hall–Kier alpha value is -1.26. The summed E-state index contributed by atoms with van der Waals surface area (Å²) in [5.41, 5.74) is 2.01. The number of anilines is 1. The van der Waals surface area contributed by atoms with E-state index in [-0.39, 0.29) is 5.91 Å². The molecular weight excluding hydrogens is 262 g/mol. The molecule has 0 saturated heterocycles. The quantitative estimate of drug-likeness (QED) is 0.835. The molecule has 1 saturated carbocycles. The molecule has 1 amide bonds. The molecule has 0 spiro atoms. The van der Waals surface area contributed by atoms with Crippen molar-refractivity contribution in [2.45, 2.75) is 25.4 Å². The van der Waals surface area contributed by atoms with Crippen LogP contribution in [-0.2, 0) is 11.3 Å². The van der Waals surface area contributed by atoms with Gasteiger partial charge < -0.3 is 15.5 Å². The summed E-state index contributed by atoms with van der Waals surface area (Å²) >= 11 is 6.22. The lowest BCUT2D eigenvalue weighted by Crippen LogP contribution is -2.36. The van der Waals surface area contributed by atoms with Gasteiger partial charge in [-0.1, -0.05) is 17.7 Å². The van der Waals surface area contributed by atoms with Crippen molar-refractivity contribution in [3.8, 4) is 0 Å². The van der Waals surface area contributed by atoms with Crippen molar-refractivity contribution in [3.05, 3.63) is 28.8 Å². The lowest BCUT2D eigenvalue weighted by molar-refractivity contribution is -0.119. The van der Waals surface area contributed by atoms with Gasteiger partial charge in [-0.25, -0.2) is 0 Å². The topological polar surface area (TPSA) is 44.4 Å². The predicted octanol–water partition coefficient (Wildman–Crippen LogP) is 1.77. The number of halogens is 1. The van der Waals surface area contributed by atoms with E-state index < -0.39 is 0 Å². The lowest BCUT2D eigenvalue weighted by atomic mass is 10.2. The largest absolute Gasteiger partial charge is 0.365 e. The van der Waals surface area contributed by atoms with Crippen molar-refractivity contribution in [1.29, 1.82) is 0 Å². The second-order valence-corrected chi connectivity index (χ2v) is 5.41. The molecular formula is C14H20ClN3O. The minimum absolute atomic E-state index is 0.0698. The number of hydrogen-bond donors (Lipinski definition) is 2. The average molecular weight is 282 g/mol. The second-order valence-electron chi connectivity index (χ2n) is 5.00. The first-order chi connectivity index (χ1) is 9.10. The highest BCUT2D eigenvalue weighted by molar-refractivity contribution is 6.31. The minimum Gasteiger partial charge on any atom is -0.365 e. The normalized spacial score (nSPS) is 14.3. The Kier molecular flexibility index (Phi) is 4.66. The Morgan fingerprint density at radius 3 is 2.79 bits per heavy atom. The van der Waals surface area contributed by atoms with Gasteiger partial charge >= 0.3 is 0 Å². The molecule has 0 atom stereocenters. The molecule has 1 aliphatic rings. The number of rotatable bonds is 6. The monoisotopic (exact) mass is 281 g/mol. The number of amides is 1. The van der Waals surface area contributed by atoms with Gasteiger partial charge in [-0.2, -0.15) is 0 Å². The van der Waals surface area contributed by atoms with E-state index in [1.54, 1.807) is 0 Å². The van der Waals surface area contributed by atoms with Gasteiger partial charge in [-0.3, -0.25) is 4.79 Å². The van der Waals surface area contributed by atoms with Crippen LogP contribution in [0.1, 0.15) is 18.4 Å². The van der Waals surface area contributed by atoms with Gasteiger partial charge in [0.25, 0.3) is 0 Å². The highest BCUT2D eigenvalue weighted by Crippen LogP contribution is 2.23. The van der Waals surface area contributed by atoms with Crippen LogP contribution in [0.15, 0.2) is 18.2 Å². The van der Waals surface area contributed by atoms with Gasteiger partial charge in [-0.15, -0.1) is 0 Å². The summed E-state index contributed by atoms with van der Waals surface area (Å²) in [7, 11) is 3.79. The first-order valence-electron chi connectivity index (χ1n) is 6.53. The molecule has 2 rings (SSSR count). The second kappa shape index (κ2) is 6.26. The van der Waals surface area contributed by atoms with Crippen LogP contribution in [0.25, 0.3) is 0 Å². The van der Waals surface area contributed by atoms with Crippen LogP contribution >= 0.6 is 11.6 Å². The summed E-state index contributed by atoms with van der Waals surface area (Å²) in [6.45, 7) is 1.10. The highest BCUT2D eigenvalue weighted by Gasteiger charge is 2.23. The molecule has 19 heavy (non-hydrogen) atoms. The summed E-state index contributed by atoms with van der Waals surface area (Å²) in [5.74, 6) is 0.0698. The number of carbonyl (C=O) groups is 1. The third-order valence-corrected chi connectivity index (χ3v) is 3.52. The summed E-state index contributed by atoms with van der Waals surface area (Å²) < 4.78 is 0. The van der Waals surface area contributed by atoms with Gasteiger partial charge in [0.15, 0.2) is 0 Å². The zero-order chi connectivity index (χ0) is 13.8. The summed E-state index contributed by atoms with van der Waals surface area (Å²) in [6, 6.07) is 6.29. The summed E-state index contributed by atoms with van der Waals surface area (Å²) in [5, 5.41) is 6.77. The molecule has 0 aliphatic heterocycles. The van der Waals surface area contributed by atoms with Crippen molar-refractivity contribution >= 4 is 23.2 Å². The highest BCUT2D eigenvalue weighted by atomic mass is 35.5. The number of benzene rings is 1. The zero-order valence-electron chi connectivity index (χ0n) is 11.4. The van der Waals surface area contributed by atoms with E-state index in [0.717, 1.165) is 35.7 Å². The molecule has 1 fully saturated rings. The Labute approximate surface area is 119 Å². The summed E-state index contributed by atoms with van der Waals surface area (Å²) in [6.07, 6.45) is 2.22. The van der Waals surface area contributed by atoms with E-state index in [9.17, 15) is 4.79 Å². The molecule has 0 aromatic heterocycles. The third-order valence-electron chi connectivity index (χ3n) is 3.17. The van der Waals surface area contributed by atoms with Gasteiger partial charge in [0.1, 0.15) is 0 Å². The van der Waals surface area contributed by atoms with E-state index in [1.165, 1.54) is 0 Å². The van der Waals surface area contributed by atoms with Crippen LogP contribution in [0, 0.1) is 0 Å². The molecule has 1 aliphatic carbocycles. The molecule has 0 radical (unpaired) electrons. The Balaban J connectivity index is 1.95. The SMILES string of the molecule is CNCc1ccc(N(C)CC(=O)NC2CC2)cc1Cl. The fraction of sp³-hybridized carbons (Fsp3) is 0.500. The van der Waals surface area contributed by atoms with E-state index in [0.29, 0.717) is 12.6 Å². The van der Waals surface area contributed by atoms with Gasteiger partial charge in [0, 0.05) is 30.3 Å². The standard InChI is InChI=1S/C14H20ClN3O/c1-16-8-10-3-6-12(7-13(10)15)18(2)9-14(19)17-11-4-5-11/h3,6-7,11,16H,4-5,8-9H2,1-2H3,(H,17,19). The van der Waals surface area contributed by atoms with E-state index in [4.69, 9.17) is 11.6 Å². The van der Waals surface area contributed by atoms with Crippen LogP contribution in [0.4, 0.5) is 5.69 Å². The average Bonchev–Trinajstić information content (AvgIpc) is 3.15. The van der Waals surface area contributed by atoms with Crippen molar-refractivity contribution in [2.75, 3.05) is 25.5 Å². The smallest absolute Gasteiger partial charge is 0.239 e. The number of carbonyl (C=O) groups excluding carboxylic acids is 1. The maximum atomic E-state index is 11.7. The van der Waals surface area contributed by atoms with Crippen molar-refractivity contribution in [3.63, 3.8) is 0 Å². The van der Waals surface area contributed by atoms with E-state index in [1.807, 2.05) is 37.2 Å². The predicted molar refractivity (Wildman–Crippen MR) is 78.7 cm³/mol. The fourth-order valence-electron chi connectivity index (χ4n) is 1.92. The van der Waals surface area contributed by atoms with Crippen LogP contribution in [0.5, 0.6) is 0 Å². The van der Waals surface area contributed by atoms with Gasteiger partial charge in [0.05, 0.1) is 6.54 Å². The van der Waals surface area contributed by atoms with Gasteiger partial charge in [-0.05, 0) is 37.6 Å². The Morgan fingerprint density at radius 2 is 2.21 bits per heavy atom. The molecule has 0 unspecified atom stereocenters. The Morgan fingerprint density at radius 1 is 1.47 bits per heavy atom. The third kappa shape index (κ3) is 4.11. The lowest BCUT2D eigenvalue weighted by Gasteiger charge is -2.19. The molecule has 1 aromatic carbocycles. The molecule has 5 heteroatoms. The first kappa shape index (κ1) is 14.2. The van der Waals surface area contributed by atoms with E-state index in [2.05, 4.69) is 10.6 Å². The molecule has 0 heterocycles. The van der Waals surface area contributed by atoms with Gasteiger partial charge in [0.2, 0.25) is 5.91 Å². The molecule has 0 bridgehead atoms. The fourth-order valence-corrected chi connectivity index (χ4v) is 2.16. The van der Waals surface area contributed by atoms with Crippen LogP contribution in [0.2, 0.25) is 5.02 Å². The van der Waals surface area contributed by atoms with E-state index >= 15 is 0 Å². The van der Waals surface area contributed by atoms with Crippen LogP contribution in [0.3, 0.4) is 0 Å². The van der Waals surface area contributed by atoms with Crippen molar-refractivity contribution < 1.29 is 4.79 Å². The maximum absolute atomic E-state index is 11.7. The van der Waals surface area contributed by atoms with Crippen molar-refractivity contribution in [1.82, 2.24) is 10.6 Å². The minimum atomic E-state index is 0.0698. The Bertz CT molecular complexity index is 460. The number of nitrogens with one attached hydrogen (secondary N) is 2. The molecule has 1 aromatic rings. The number of hydrogen-bond acceptors (Lipinski definition) is 3. The van der Waals surface area contributed by atoms with Crippen LogP contribution in [-0.4, -0.2) is 32.6 Å². The first-order valence-corrected chi connectivity index (χ1v) is 6.91. The molecule has 4 nitrogen and oxygen atoms in total.